The Morgan fingerprint density at radius 1 is 1.50 bits per heavy atom. The summed E-state index contributed by atoms with van der Waals surface area (Å²) in [4.78, 5) is 0. The van der Waals surface area contributed by atoms with Crippen molar-refractivity contribution in [1.29, 1.82) is 0 Å². The van der Waals surface area contributed by atoms with E-state index >= 15 is 0 Å². The molecular weight excluding hydrogens is 178 g/mol. The van der Waals surface area contributed by atoms with Gasteiger partial charge in [0.25, 0.3) is 0 Å². The van der Waals surface area contributed by atoms with E-state index in [-0.39, 0.29) is 6.04 Å². The maximum Gasteiger partial charge on any atom is 0.137 e. The Morgan fingerprint density at radius 2 is 2.29 bits per heavy atom. The third-order valence-corrected chi connectivity index (χ3v) is 2.99. The van der Waals surface area contributed by atoms with Crippen molar-refractivity contribution >= 4 is 0 Å². The number of hydrogen-bond donors (Lipinski definition) is 2. The van der Waals surface area contributed by atoms with Gasteiger partial charge in [0, 0.05) is 24.1 Å². The zero-order valence-corrected chi connectivity index (χ0v) is 8.71. The molecule has 1 aromatic heterocycles. The number of aryl methyl sites for hydroxylation is 2. The summed E-state index contributed by atoms with van der Waals surface area (Å²) in [6.45, 7) is 5.88. The van der Waals surface area contributed by atoms with Gasteiger partial charge in [-0.2, -0.15) is 0 Å². The van der Waals surface area contributed by atoms with Crippen LogP contribution in [0.3, 0.4) is 0 Å². The molecule has 0 aromatic carbocycles. The molecule has 2 unspecified atom stereocenters. The van der Waals surface area contributed by atoms with E-state index in [2.05, 4.69) is 10.5 Å². The molecule has 2 rings (SSSR count). The highest BCUT2D eigenvalue weighted by Gasteiger charge is 2.28. The Morgan fingerprint density at radius 3 is 2.86 bits per heavy atom. The van der Waals surface area contributed by atoms with E-state index in [9.17, 15) is 0 Å². The number of nitrogens with two attached hydrogens (primary N) is 1. The maximum atomic E-state index is 6.10. The maximum absolute atomic E-state index is 6.10. The van der Waals surface area contributed by atoms with Crippen LogP contribution in [-0.4, -0.2) is 24.3 Å². The molecule has 1 saturated heterocycles. The van der Waals surface area contributed by atoms with Gasteiger partial charge in [0.1, 0.15) is 5.76 Å². The Labute approximate surface area is 83.8 Å². The van der Waals surface area contributed by atoms with Gasteiger partial charge in [-0.15, -0.1) is 0 Å². The van der Waals surface area contributed by atoms with Gasteiger partial charge < -0.3 is 15.6 Å². The van der Waals surface area contributed by atoms with Gasteiger partial charge in [0.2, 0.25) is 0 Å². The first-order chi connectivity index (χ1) is 6.70. The molecule has 0 bridgehead atoms. The van der Waals surface area contributed by atoms with Gasteiger partial charge in [0.15, 0.2) is 0 Å². The molecular formula is C10H17N3O. The van der Waals surface area contributed by atoms with Crippen LogP contribution in [0.5, 0.6) is 0 Å². The van der Waals surface area contributed by atoms with E-state index < -0.39 is 0 Å². The number of rotatable bonds is 1. The standard InChI is InChI=1S/C10H17N3O/c1-6-10(7(2)14-13-6)8-5-12-4-3-9(8)11/h8-9,12H,3-5,11H2,1-2H3. The molecule has 4 nitrogen and oxygen atoms in total. The number of piperidine rings is 1. The SMILES string of the molecule is Cc1noc(C)c1C1CNCCC1N. The molecule has 14 heavy (non-hydrogen) atoms. The second kappa shape index (κ2) is 3.71. The zero-order valence-electron chi connectivity index (χ0n) is 8.71. The van der Waals surface area contributed by atoms with Crippen molar-refractivity contribution in [2.75, 3.05) is 13.1 Å². The van der Waals surface area contributed by atoms with Crippen LogP contribution < -0.4 is 11.1 Å². The van der Waals surface area contributed by atoms with Crippen LogP contribution in [0.15, 0.2) is 4.52 Å². The monoisotopic (exact) mass is 195 g/mol. The van der Waals surface area contributed by atoms with Crippen molar-refractivity contribution in [3.05, 3.63) is 17.0 Å². The fourth-order valence-corrected chi connectivity index (χ4v) is 2.21. The molecule has 0 saturated carbocycles. The minimum atomic E-state index is 0.230. The molecule has 1 fully saturated rings. The zero-order chi connectivity index (χ0) is 10.1. The van der Waals surface area contributed by atoms with Crippen LogP contribution in [0, 0.1) is 13.8 Å². The van der Waals surface area contributed by atoms with E-state index in [4.69, 9.17) is 10.3 Å². The second-order valence-electron chi connectivity index (χ2n) is 4.00. The minimum Gasteiger partial charge on any atom is -0.361 e. The van der Waals surface area contributed by atoms with Crippen molar-refractivity contribution in [1.82, 2.24) is 10.5 Å². The van der Waals surface area contributed by atoms with Gasteiger partial charge in [-0.25, -0.2) is 0 Å². The molecule has 2 heterocycles. The molecule has 0 radical (unpaired) electrons. The predicted molar refractivity (Wildman–Crippen MR) is 54.2 cm³/mol. The summed E-state index contributed by atoms with van der Waals surface area (Å²) in [6.07, 6.45) is 1.02. The van der Waals surface area contributed by atoms with Crippen LogP contribution >= 0.6 is 0 Å². The number of hydrogen-bond acceptors (Lipinski definition) is 4. The van der Waals surface area contributed by atoms with Gasteiger partial charge in [0.05, 0.1) is 5.69 Å². The van der Waals surface area contributed by atoms with Crippen LogP contribution in [0.2, 0.25) is 0 Å². The van der Waals surface area contributed by atoms with Gasteiger partial charge in [-0.05, 0) is 26.8 Å². The average molecular weight is 195 g/mol. The Bertz CT molecular complexity index is 302. The number of nitrogens with one attached hydrogen (secondary N) is 1. The highest BCUT2D eigenvalue weighted by molar-refractivity contribution is 5.28. The lowest BCUT2D eigenvalue weighted by atomic mass is 9.86. The molecule has 4 heteroatoms. The van der Waals surface area contributed by atoms with Crippen LogP contribution in [0.1, 0.15) is 29.4 Å². The molecule has 0 spiro atoms. The lowest BCUT2D eigenvalue weighted by molar-refractivity contribution is 0.379. The van der Waals surface area contributed by atoms with Crippen molar-refractivity contribution in [3.8, 4) is 0 Å². The predicted octanol–water partition coefficient (Wildman–Crippen LogP) is 0.696. The minimum absolute atomic E-state index is 0.230. The van der Waals surface area contributed by atoms with Gasteiger partial charge >= 0.3 is 0 Å². The van der Waals surface area contributed by atoms with Gasteiger partial charge in [-0.1, -0.05) is 5.16 Å². The molecule has 1 aliphatic heterocycles. The molecule has 1 aromatic rings. The van der Waals surface area contributed by atoms with Crippen molar-refractivity contribution < 1.29 is 4.52 Å². The summed E-state index contributed by atoms with van der Waals surface area (Å²) < 4.78 is 5.16. The highest BCUT2D eigenvalue weighted by Crippen LogP contribution is 2.27. The van der Waals surface area contributed by atoms with Crippen LogP contribution in [0.4, 0.5) is 0 Å². The smallest absolute Gasteiger partial charge is 0.137 e. The van der Waals surface area contributed by atoms with Crippen LogP contribution in [0.25, 0.3) is 0 Å². The highest BCUT2D eigenvalue weighted by atomic mass is 16.5. The Hall–Kier alpha value is -0.870. The quantitative estimate of drug-likeness (QED) is 0.692. The number of nitrogens with zero attached hydrogens (tertiary/aromatic N) is 1. The molecule has 0 aliphatic carbocycles. The fraction of sp³-hybridized carbons (Fsp3) is 0.700. The summed E-state index contributed by atoms with van der Waals surface area (Å²) in [6, 6.07) is 0.230. The first-order valence-electron chi connectivity index (χ1n) is 5.09. The summed E-state index contributed by atoms with van der Waals surface area (Å²) in [5.41, 5.74) is 8.28. The van der Waals surface area contributed by atoms with Crippen molar-refractivity contribution in [2.24, 2.45) is 5.73 Å². The second-order valence-corrected chi connectivity index (χ2v) is 4.00. The first-order valence-corrected chi connectivity index (χ1v) is 5.09. The van der Waals surface area contributed by atoms with Crippen LogP contribution in [-0.2, 0) is 0 Å². The molecule has 0 amide bonds. The first kappa shape index (κ1) is 9.68. The topological polar surface area (TPSA) is 64.1 Å². The van der Waals surface area contributed by atoms with Crippen molar-refractivity contribution in [2.45, 2.75) is 32.2 Å². The summed E-state index contributed by atoms with van der Waals surface area (Å²) >= 11 is 0. The van der Waals surface area contributed by atoms with E-state index in [1.165, 1.54) is 5.56 Å². The van der Waals surface area contributed by atoms with Crippen molar-refractivity contribution in [3.63, 3.8) is 0 Å². The average Bonchev–Trinajstić information content (AvgIpc) is 2.48. The summed E-state index contributed by atoms with van der Waals surface area (Å²) in [7, 11) is 0. The largest absolute Gasteiger partial charge is 0.361 e. The third-order valence-electron chi connectivity index (χ3n) is 2.99. The fourth-order valence-electron chi connectivity index (χ4n) is 2.21. The third kappa shape index (κ3) is 1.55. The summed E-state index contributed by atoms with van der Waals surface area (Å²) in [5.74, 6) is 1.27. The Balaban J connectivity index is 2.28. The van der Waals surface area contributed by atoms with E-state index in [0.717, 1.165) is 31.0 Å². The summed E-state index contributed by atoms with van der Waals surface area (Å²) in [5, 5.41) is 7.33. The van der Waals surface area contributed by atoms with Gasteiger partial charge in [-0.3, -0.25) is 0 Å². The number of aromatic nitrogens is 1. The van der Waals surface area contributed by atoms with E-state index in [0.29, 0.717) is 5.92 Å². The molecule has 1 aliphatic rings. The lowest BCUT2D eigenvalue weighted by Gasteiger charge is -2.29. The Kier molecular flexibility index (Phi) is 2.56. The molecule has 2 atom stereocenters. The lowest BCUT2D eigenvalue weighted by Crippen LogP contribution is -2.43. The molecule has 3 N–H and O–H groups in total. The van der Waals surface area contributed by atoms with E-state index in [1.54, 1.807) is 0 Å². The molecule has 78 valence electrons. The normalized spacial score (nSPS) is 27.9. The van der Waals surface area contributed by atoms with E-state index in [1.807, 2.05) is 13.8 Å².